The number of pyridine rings is 1. The third kappa shape index (κ3) is 6.02. The molecule has 0 unspecified atom stereocenters. The molecule has 0 bridgehead atoms. The van der Waals surface area contributed by atoms with Crippen LogP contribution in [0.1, 0.15) is 39.6 Å². The molecule has 38 heavy (non-hydrogen) atoms. The van der Waals surface area contributed by atoms with Crippen molar-refractivity contribution in [2.75, 3.05) is 13.1 Å². The zero-order valence-corrected chi connectivity index (χ0v) is 21.1. The molecule has 2 atom stereocenters. The van der Waals surface area contributed by atoms with Crippen molar-refractivity contribution >= 4 is 5.97 Å². The minimum absolute atomic E-state index is 0.0128. The number of nitrogens with zero attached hydrogens (tertiary/aromatic N) is 1. The van der Waals surface area contributed by atoms with Gasteiger partial charge in [-0.05, 0) is 78.9 Å². The van der Waals surface area contributed by atoms with Gasteiger partial charge in [-0.15, -0.1) is 0 Å². The van der Waals surface area contributed by atoms with Gasteiger partial charge in [0, 0.05) is 31.0 Å². The number of nitrogens with one attached hydrogen (secondary N) is 1. The number of aromatic nitrogens is 1. The van der Waals surface area contributed by atoms with E-state index in [4.69, 9.17) is 9.47 Å². The normalized spacial score (nSPS) is 15.3. The quantitative estimate of drug-likeness (QED) is 0.271. The van der Waals surface area contributed by atoms with E-state index in [1.807, 2.05) is 55.5 Å². The fraction of sp³-hybridized carbons (Fsp3) is 0.226. The van der Waals surface area contributed by atoms with Crippen molar-refractivity contribution in [3.05, 3.63) is 107 Å². The molecule has 0 fully saturated rings. The van der Waals surface area contributed by atoms with Gasteiger partial charge in [-0.2, -0.15) is 0 Å². The maximum Gasteiger partial charge on any atom is 0.339 e. The first-order valence-electron chi connectivity index (χ1n) is 12.7. The Labute approximate surface area is 221 Å². The van der Waals surface area contributed by atoms with Crippen molar-refractivity contribution in [2.45, 2.75) is 32.0 Å². The highest BCUT2D eigenvalue weighted by molar-refractivity contribution is 5.92. The van der Waals surface area contributed by atoms with Gasteiger partial charge < -0.3 is 25.0 Å². The molecule has 3 aromatic carbocycles. The summed E-state index contributed by atoms with van der Waals surface area (Å²) in [6.07, 6.45) is 4.47. The van der Waals surface area contributed by atoms with Gasteiger partial charge in [-0.3, -0.25) is 4.98 Å². The first-order valence-corrected chi connectivity index (χ1v) is 12.7. The Kier molecular flexibility index (Phi) is 7.67. The predicted octanol–water partition coefficient (Wildman–Crippen LogP) is 5.56. The second-order valence-electron chi connectivity index (χ2n) is 9.49. The number of rotatable bonds is 9. The lowest BCUT2D eigenvalue weighted by Gasteiger charge is -2.27. The summed E-state index contributed by atoms with van der Waals surface area (Å²) in [6, 6.07) is 22.4. The largest absolute Gasteiger partial charge is 0.489 e. The van der Waals surface area contributed by atoms with Gasteiger partial charge in [0.1, 0.15) is 28.9 Å². The molecule has 0 aliphatic carbocycles. The molecule has 1 aromatic heterocycles. The van der Waals surface area contributed by atoms with Crippen LogP contribution in [-0.2, 0) is 6.42 Å². The number of aromatic carboxylic acids is 1. The molecule has 0 saturated heterocycles. The van der Waals surface area contributed by atoms with Crippen molar-refractivity contribution in [3.63, 3.8) is 0 Å². The maximum atomic E-state index is 11.8. The van der Waals surface area contributed by atoms with Gasteiger partial charge in [-0.1, -0.05) is 35.9 Å². The Bertz CT molecular complexity index is 1410. The SMILES string of the molecule is Cc1ccc(Oc2cc(-c3ccc4c(c3)CC[C@H](CNC[C@H](O)c3cccnc3)O4)ccc2C(=O)O)cc1. The van der Waals surface area contributed by atoms with E-state index in [1.54, 1.807) is 30.6 Å². The second kappa shape index (κ2) is 11.5. The number of aliphatic hydroxyl groups excluding tert-OH is 1. The lowest BCUT2D eigenvalue weighted by atomic mass is 9.96. The Morgan fingerprint density at radius 2 is 1.89 bits per heavy atom. The fourth-order valence-corrected chi connectivity index (χ4v) is 4.54. The van der Waals surface area contributed by atoms with Crippen molar-refractivity contribution in [1.82, 2.24) is 10.3 Å². The smallest absolute Gasteiger partial charge is 0.339 e. The number of aliphatic hydroxyl groups is 1. The average molecular weight is 511 g/mol. The van der Waals surface area contributed by atoms with Crippen LogP contribution in [0.5, 0.6) is 17.2 Å². The third-order valence-electron chi connectivity index (χ3n) is 6.66. The molecule has 0 saturated carbocycles. The van der Waals surface area contributed by atoms with Gasteiger partial charge in [-0.25, -0.2) is 4.79 Å². The predicted molar refractivity (Wildman–Crippen MR) is 145 cm³/mol. The molecule has 1 aliphatic heterocycles. The van der Waals surface area contributed by atoms with Crippen LogP contribution < -0.4 is 14.8 Å². The van der Waals surface area contributed by atoms with E-state index in [1.165, 1.54) is 0 Å². The highest BCUT2D eigenvalue weighted by atomic mass is 16.5. The summed E-state index contributed by atoms with van der Waals surface area (Å²) >= 11 is 0. The summed E-state index contributed by atoms with van der Waals surface area (Å²) in [7, 11) is 0. The standard InChI is InChI=1S/C31H30N2O5/c1-20-4-9-25(10-5-20)37-30-16-22(7-12-27(30)31(35)36)21-8-13-29-23(15-21)6-11-26(38-29)18-33-19-28(34)24-3-2-14-32-17-24/h2-5,7-10,12-17,26,28,33-34H,6,11,18-19H2,1H3,(H,35,36)/t26-,28+/m1/s1. The topological polar surface area (TPSA) is 101 Å². The molecule has 7 heteroatoms. The van der Waals surface area contributed by atoms with Crippen LogP contribution in [0.4, 0.5) is 0 Å². The fourth-order valence-electron chi connectivity index (χ4n) is 4.54. The third-order valence-corrected chi connectivity index (χ3v) is 6.66. The highest BCUT2D eigenvalue weighted by Gasteiger charge is 2.21. The van der Waals surface area contributed by atoms with E-state index >= 15 is 0 Å². The van der Waals surface area contributed by atoms with Gasteiger partial charge >= 0.3 is 5.97 Å². The number of fused-ring (bicyclic) bond motifs is 1. The molecule has 0 radical (unpaired) electrons. The number of carboxylic acids is 1. The monoisotopic (exact) mass is 510 g/mol. The van der Waals surface area contributed by atoms with Gasteiger partial charge in [0.15, 0.2) is 0 Å². The van der Waals surface area contributed by atoms with Crippen LogP contribution in [0, 0.1) is 6.92 Å². The van der Waals surface area contributed by atoms with Crippen molar-refractivity contribution in [1.29, 1.82) is 0 Å². The number of carbonyl (C=O) groups is 1. The van der Waals surface area contributed by atoms with Crippen molar-refractivity contribution < 1.29 is 24.5 Å². The number of ether oxygens (including phenoxy) is 2. The first-order chi connectivity index (χ1) is 18.5. The zero-order chi connectivity index (χ0) is 26.5. The lowest BCUT2D eigenvalue weighted by molar-refractivity contribution is 0.0694. The first kappa shape index (κ1) is 25.4. The molecular formula is C31H30N2O5. The van der Waals surface area contributed by atoms with E-state index in [0.717, 1.165) is 46.4 Å². The number of hydrogen-bond acceptors (Lipinski definition) is 6. The van der Waals surface area contributed by atoms with Gasteiger partial charge in [0.25, 0.3) is 0 Å². The van der Waals surface area contributed by atoms with E-state index in [2.05, 4.69) is 16.4 Å². The van der Waals surface area contributed by atoms with Crippen molar-refractivity contribution in [2.24, 2.45) is 0 Å². The number of benzene rings is 3. The summed E-state index contributed by atoms with van der Waals surface area (Å²) in [6.45, 7) is 3.05. The molecule has 4 aromatic rings. The molecule has 7 nitrogen and oxygen atoms in total. The van der Waals surface area contributed by atoms with Gasteiger partial charge in [0.05, 0.1) is 6.10 Å². The Morgan fingerprint density at radius 1 is 1.11 bits per heavy atom. The van der Waals surface area contributed by atoms with E-state index in [-0.39, 0.29) is 11.7 Å². The molecule has 2 heterocycles. The zero-order valence-electron chi connectivity index (χ0n) is 21.1. The van der Waals surface area contributed by atoms with Crippen LogP contribution in [-0.4, -0.2) is 40.4 Å². The highest BCUT2D eigenvalue weighted by Crippen LogP contribution is 2.35. The van der Waals surface area contributed by atoms with Crippen LogP contribution in [0.15, 0.2) is 85.2 Å². The maximum absolute atomic E-state index is 11.8. The molecular weight excluding hydrogens is 480 g/mol. The Morgan fingerprint density at radius 3 is 2.66 bits per heavy atom. The van der Waals surface area contributed by atoms with Gasteiger partial charge in [0.2, 0.25) is 0 Å². The van der Waals surface area contributed by atoms with Crippen molar-refractivity contribution in [3.8, 4) is 28.4 Å². The van der Waals surface area contributed by atoms with E-state index < -0.39 is 12.1 Å². The number of carboxylic acid groups (broad SMARTS) is 1. The second-order valence-corrected chi connectivity index (χ2v) is 9.49. The minimum Gasteiger partial charge on any atom is -0.489 e. The number of hydrogen-bond donors (Lipinski definition) is 3. The average Bonchev–Trinajstić information content (AvgIpc) is 2.94. The Hall–Kier alpha value is -4.20. The summed E-state index contributed by atoms with van der Waals surface area (Å²) in [5.41, 5.74) is 4.94. The summed E-state index contributed by atoms with van der Waals surface area (Å²) < 4.78 is 12.2. The molecule has 1 aliphatic rings. The summed E-state index contributed by atoms with van der Waals surface area (Å²) in [5.74, 6) is 0.692. The molecule has 194 valence electrons. The summed E-state index contributed by atoms with van der Waals surface area (Å²) in [5, 5.41) is 23.3. The van der Waals surface area contributed by atoms with Crippen LogP contribution in [0.3, 0.4) is 0 Å². The molecule has 5 rings (SSSR count). The molecule has 3 N–H and O–H groups in total. The lowest BCUT2D eigenvalue weighted by Crippen LogP contribution is -2.36. The van der Waals surface area contributed by atoms with E-state index in [0.29, 0.717) is 24.6 Å². The van der Waals surface area contributed by atoms with Crippen LogP contribution in [0.2, 0.25) is 0 Å². The Balaban J connectivity index is 1.26. The minimum atomic E-state index is -1.04. The van der Waals surface area contributed by atoms with E-state index in [9.17, 15) is 15.0 Å². The van der Waals surface area contributed by atoms with Crippen LogP contribution in [0.25, 0.3) is 11.1 Å². The molecule has 0 spiro atoms. The van der Waals surface area contributed by atoms with Crippen LogP contribution >= 0.6 is 0 Å². The summed E-state index contributed by atoms with van der Waals surface area (Å²) in [4.78, 5) is 15.9. The number of aryl methyl sites for hydroxylation is 2. The molecule has 0 amide bonds.